The van der Waals surface area contributed by atoms with Gasteiger partial charge in [-0.2, -0.15) is 0 Å². The van der Waals surface area contributed by atoms with Gasteiger partial charge in [0.25, 0.3) is 5.90 Å². The van der Waals surface area contributed by atoms with Gasteiger partial charge in [0.2, 0.25) is 5.82 Å². The zero-order valence-electron chi connectivity index (χ0n) is 16.9. The predicted molar refractivity (Wildman–Crippen MR) is 119 cm³/mol. The van der Waals surface area contributed by atoms with E-state index in [-0.39, 0.29) is 5.82 Å². The van der Waals surface area contributed by atoms with Crippen LogP contribution in [0.4, 0.5) is 4.79 Å². The summed E-state index contributed by atoms with van der Waals surface area (Å²) in [5, 5.41) is 8.45. The van der Waals surface area contributed by atoms with Crippen LogP contribution in [0.2, 0.25) is 5.02 Å². The summed E-state index contributed by atoms with van der Waals surface area (Å²) in [5.41, 5.74) is 7.76. The number of hydrogen-bond donors (Lipinski definition) is 2. The predicted octanol–water partition coefficient (Wildman–Crippen LogP) is 4.56. The van der Waals surface area contributed by atoms with Crippen LogP contribution in [0.1, 0.15) is 31.5 Å². The van der Waals surface area contributed by atoms with Crippen LogP contribution in [0.15, 0.2) is 43.4 Å². The number of pyridine rings is 1. The second kappa shape index (κ2) is 8.85. The topological polar surface area (TPSA) is 120 Å². The Morgan fingerprint density at radius 3 is 2.77 bits per heavy atom. The molecule has 160 valence electrons. The van der Waals surface area contributed by atoms with E-state index in [2.05, 4.69) is 36.9 Å². The van der Waals surface area contributed by atoms with Gasteiger partial charge in [-0.15, -0.1) is 6.58 Å². The van der Waals surface area contributed by atoms with Gasteiger partial charge in [-0.25, -0.2) is 14.8 Å². The number of amides is 1. The molecule has 3 heterocycles. The number of hydrogen-bond acceptors (Lipinski definition) is 6. The number of nitrogens with one attached hydrogen (secondary N) is 1. The van der Waals surface area contributed by atoms with Crippen molar-refractivity contribution in [2.24, 2.45) is 17.6 Å². The highest BCUT2D eigenvalue weighted by molar-refractivity contribution is 6.30. The van der Waals surface area contributed by atoms with Crippen molar-refractivity contribution in [1.29, 1.82) is 5.41 Å². The molecule has 1 aliphatic carbocycles. The Labute approximate surface area is 184 Å². The molecule has 3 aromatic heterocycles. The summed E-state index contributed by atoms with van der Waals surface area (Å²) in [5.74, 6) is 0.605. The molecule has 1 amide bonds. The summed E-state index contributed by atoms with van der Waals surface area (Å²) in [4.78, 5) is 24.2. The maximum Gasteiger partial charge on any atom is 0.411 e. The molecule has 1 aliphatic rings. The number of allylic oxidation sites excluding steroid dienone is 1. The number of aromatic nitrogens is 4. The number of carbonyl (C=O) groups excluding carboxylic acids is 1. The SMILES string of the molecule is C=CC1CCC(Cn2ccc3nc(C(=N)OC(N)=O)nc(-c4cncc(Cl)c4)c32)CC1. The molecule has 8 nitrogen and oxygen atoms in total. The highest BCUT2D eigenvalue weighted by atomic mass is 35.5. The molecule has 4 rings (SSSR count). The van der Waals surface area contributed by atoms with E-state index in [0.29, 0.717) is 33.6 Å². The van der Waals surface area contributed by atoms with Crippen LogP contribution in [-0.2, 0) is 11.3 Å². The van der Waals surface area contributed by atoms with Crippen molar-refractivity contribution < 1.29 is 9.53 Å². The number of primary amides is 1. The summed E-state index contributed by atoms with van der Waals surface area (Å²) in [6, 6.07) is 3.63. The van der Waals surface area contributed by atoms with Gasteiger partial charge in [0.15, 0.2) is 0 Å². The molecule has 9 heteroatoms. The fraction of sp³-hybridized carbons (Fsp3) is 0.318. The number of rotatable bonds is 5. The number of carbonyl (C=O) groups is 1. The van der Waals surface area contributed by atoms with Gasteiger partial charge >= 0.3 is 6.09 Å². The van der Waals surface area contributed by atoms with Crippen LogP contribution in [0.5, 0.6) is 0 Å². The van der Waals surface area contributed by atoms with Crippen LogP contribution >= 0.6 is 11.6 Å². The van der Waals surface area contributed by atoms with E-state index >= 15 is 0 Å². The van der Waals surface area contributed by atoms with Gasteiger partial charge in [0.1, 0.15) is 5.69 Å². The van der Waals surface area contributed by atoms with Crippen molar-refractivity contribution in [3.63, 3.8) is 0 Å². The fourth-order valence-corrected chi connectivity index (χ4v) is 4.31. The summed E-state index contributed by atoms with van der Waals surface area (Å²) >= 11 is 6.16. The molecule has 0 aliphatic heterocycles. The van der Waals surface area contributed by atoms with Crippen molar-refractivity contribution in [3.05, 3.63) is 54.2 Å². The maximum atomic E-state index is 11.1. The van der Waals surface area contributed by atoms with E-state index in [9.17, 15) is 4.79 Å². The fourth-order valence-electron chi connectivity index (χ4n) is 4.13. The molecule has 0 bridgehead atoms. The average Bonchev–Trinajstić information content (AvgIpc) is 3.16. The Hall–Kier alpha value is -3.26. The second-order valence-electron chi connectivity index (χ2n) is 7.76. The van der Waals surface area contributed by atoms with E-state index in [0.717, 1.165) is 37.7 Å². The standard InChI is InChI=1S/C22H23ClN6O2/c1-2-13-3-5-14(6-4-13)12-29-8-7-17-19(29)18(15-9-16(23)11-26-10-15)28-21(27-17)20(24)31-22(25)30/h2,7-11,13-14,24H,1,3-6,12H2,(H2,25,30). The van der Waals surface area contributed by atoms with E-state index in [1.165, 1.54) is 0 Å². The minimum Gasteiger partial charge on any atom is -0.388 e. The normalized spacial score (nSPS) is 18.6. The van der Waals surface area contributed by atoms with Gasteiger partial charge in [-0.3, -0.25) is 10.4 Å². The van der Waals surface area contributed by atoms with Crippen molar-refractivity contribution in [2.75, 3.05) is 0 Å². The number of nitrogens with zero attached hydrogens (tertiary/aromatic N) is 4. The molecule has 0 spiro atoms. The van der Waals surface area contributed by atoms with Crippen molar-refractivity contribution in [3.8, 4) is 11.3 Å². The molecule has 1 saturated carbocycles. The lowest BCUT2D eigenvalue weighted by Crippen LogP contribution is -2.21. The number of fused-ring (bicyclic) bond motifs is 1. The molecular formula is C22H23ClN6O2. The van der Waals surface area contributed by atoms with E-state index in [1.54, 1.807) is 18.5 Å². The Kier molecular flexibility index (Phi) is 5.99. The first-order valence-electron chi connectivity index (χ1n) is 10.1. The van der Waals surface area contributed by atoms with E-state index in [1.807, 2.05) is 12.3 Å². The van der Waals surface area contributed by atoms with Gasteiger partial charge in [0.05, 0.1) is 16.1 Å². The summed E-state index contributed by atoms with van der Waals surface area (Å²) in [7, 11) is 0. The third kappa shape index (κ3) is 4.59. The van der Waals surface area contributed by atoms with Crippen molar-refractivity contribution in [2.45, 2.75) is 32.2 Å². The molecule has 3 aromatic rings. The second-order valence-corrected chi connectivity index (χ2v) is 8.19. The molecule has 3 N–H and O–H groups in total. The Bertz CT molecular complexity index is 1150. The number of halogens is 1. The molecule has 0 atom stereocenters. The monoisotopic (exact) mass is 438 g/mol. The van der Waals surface area contributed by atoms with Crippen molar-refractivity contribution in [1.82, 2.24) is 19.5 Å². The van der Waals surface area contributed by atoms with Gasteiger partial charge in [0, 0.05) is 30.7 Å². The smallest absolute Gasteiger partial charge is 0.388 e. The van der Waals surface area contributed by atoms with Crippen LogP contribution in [-0.4, -0.2) is 31.5 Å². The Balaban J connectivity index is 1.76. The van der Waals surface area contributed by atoms with Crippen LogP contribution in [0, 0.1) is 17.2 Å². The minimum absolute atomic E-state index is 0.0366. The zero-order valence-corrected chi connectivity index (χ0v) is 17.7. The molecule has 0 unspecified atom stereocenters. The highest BCUT2D eigenvalue weighted by Gasteiger charge is 2.23. The van der Waals surface area contributed by atoms with Crippen LogP contribution in [0.3, 0.4) is 0 Å². The maximum absolute atomic E-state index is 11.1. The zero-order chi connectivity index (χ0) is 22.0. The highest BCUT2D eigenvalue weighted by Crippen LogP contribution is 2.33. The molecule has 31 heavy (non-hydrogen) atoms. The first kappa shape index (κ1) is 21.0. The van der Waals surface area contributed by atoms with E-state index in [4.69, 9.17) is 22.7 Å². The number of nitrogens with two attached hydrogens (primary N) is 1. The minimum atomic E-state index is -1.09. The Morgan fingerprint density at radius 2 is 2.10 bits per heavy atom. The quantitative estimate of drug-likeness (QED) is 0.343. The molecule has 0 aromatic carbocycles. The van der Waals surface area contributed by atoms with Gasteiger partial charge in [-0.05, 0) is 49.7 Å². The molecular weight excluding hydrogens is 416 g/mol. The van der Waals surface area contributed by atoms with E-state index < -0.39 is 12.0 Å². The summed E-state index contributed by atoms with van der Waals surface area (Å²) in [6.45, 7) is 4.76. The lowest BCUT2D eigenvalue weighted by atomic mass is 9.82. The van der Waals surface area contributed by atoms with Gasteiger partial charge in [-0.1, -0.05) is 17.7 Å². The lowest BCUT2D eigenvalue weighted by molar-refractivity contribution is 0.207. The third-order valence-corrected chi connectivity index (χ3v) is 5.88. The molecule has 0 saturated heterocycles. The Morgan fingerprint density at radius 1 is 1.32 bits per heavy atom. The third-order valence-electron chi connectivity index (χ3n) is 5.67. The summed E-state index contributed by atoms with van der Waals surface area (Å²) < 4.78 is 6.84. The van der Waals surface area contributed by atoms with Crippen LogP contribution < -0.4 is 5.73 Å². The largest absolute Gasteiger partial charge is 0.411 e. The van der Waals surface area contributed by atoms with Gasteiger partial charge < -0.3 is 15.0 Å². The first-order chi connectivity index (χ1) is 14.9. The lowest BCUT2D eigenvalue weighted by Gasteiger charge is -2.27. The number of ether oxygens (including phenoxy) is 1. The average molecular weight is 439 g/mol. The first-order valence-corrected chi connectivity index (χ1v) is 10.5. The van der Waals surface area contributed by atoms with Crippen molar-refractivity contribution >= 4 is 34.6 Å². The summed E-state index contributed by atoms with van der Waals surface area (Å²) in [6.07, 6.45) is 10.7. The molecule has 0 radical (unpaired) electrons. The van der Waals surface area contributed by atoms with Crippen LogP contribution in [0.25, 0.3) is 22.3 Å². The molecule has 1 fully saturated rings.